The minimum absolute atomic E-state index is 0.226. The number of anilines is 1. The number of halogens is 1. The average molecular weight is 268 g/mol. The Kier molecular flexibility index (Phi) is 2.64. The number of nitrogens with one attached hydrogen (secondary N) is 3. The maximum Gasteiger partial charge on any atom is 0.319 e. The number of benzene rings is 1. The number of aromatic amines is 1. The molecule has 0 bridgehead atoms. The highest BCUT2D eigenvalue weighted by Gasteiger charge is 2.05. The van der Waals surface area contributed by atoms with E-state index < -0.39 is 0 Å². The fourth-order valence-electron chi connectivity index (χ4n) is 1.38. The minimum atomic E-state index is -0.226. The highest BCUT2D eigenvalue weighted by atomic mass is 79.9. The molecule has 2 amide bonds. The standard InChI is InChI=1S/C10H10BrN3O/c1-12-10(15)14-9-5-13-8-3-2-6(11)4-7(8)9/h2-5,13H,1H3,(H2,12,14,15). The molecule has 1 aromatic carbocycles. The van der Waals surface area contributed by atoms with Crippen LogP contribution in [0.1, 0.15) is 0 Å². The third-order valence-electron chi connectivity index (χ3n) is 2.12. The molecule has 0 aliphatic rings. The summed E-state index contributed by atoms with van der Waals surface area (Å²) in [4.78, 5) is 14.2. The van der Waals surface area contributed by atoms with E-state index in [9.17, 15) is 4.79 Å². The molecule has 0 saturated heterocycles. The lowest BCUT2D eigenvalue weighted by Crippen LogP contribution is -2.24. The smallest absolute Gasteiger partial charge is 0.319 e. The first-order valence-corrected chi connectivity index (χ1v) is 5.25. The van der Waals surface area contributed by atoms with Crippen LogP contribution in [0.5, 0.6) is 0 Å². The SMILES string of the molecule is CNC(=O)Nc1c[nH]c2ccc(Br)cc12. The van der Waals surface area contributed by atoms with Crippen LogP contribution in [-0.4, -0.2) is 18.1 Å². The van der Waals surface area contributed by atoms with Crippen molar-refractivity contribution in [1.29, 1.82) is 0 Å². The summed E-state index contributed by atoms with van der Waals surface area (Å²) in [5.74, 6) is 0. The van der Waals surface area contributed by atoms with Gasteiger partial charge in [-0.05, 0) is 18.2 Å². The maximum atomic E-state index is 11.2. The van der Waals surface area contributed by atoms with Gasteiger partial charge >= 0.3 is 6.03 Å². The Balaban J connectivity index is 2.43. The Morgan fingerprint density at radius 1 is 1.47 bits per heavy atom. The molecular formula is C10H10BrN3O. The zero-order chi connectivity index (χ0) is 10.8. The van der Waals surface area contributed by atoms with Crippen molar-refractivity contribution < 1.29 is 4.79 Å². The van der Waals surface area contributed by atoms with E-state index in [0.29, 0.717) is 0 Å². The average Bonchev–Trinajstić information content (AvgIpc) is 2.61. The van der Waals surface area contributed by atoms with Gasteiger partial charge in [0.2, 0.25) is 0 Å². The van der Waals surface area contributed by atoms with Crippen LogP contribution in [0.2, 0.25) is 0 Å². The summed E-state index contributed by atoms with van der Waals surface area (Å²) in [5, 5.41) is 6.23. The lowest BCUT2D eigenvalue weighted by atomic mass is 10.2. The van der Waals surface area contributed by atoms with Gasteiger partial charge in [0.05, 0.1) is 5.69 Å². The molecule has 0 saturated carbocycles. The molecule has 3 N–H and O–H groups in total. The zero-order valence-corrected chi connectivity index (χ0v) is 9.68. The second-order valence-electron chi connectivity index (χ2n) is 3.10. The van der Waals surface area contributed by atoms with E-state index in [1.165, 1.54) is 0 Å². The van der Waals surface area contributed by atoms with Gasteiger partial charge in [0.25, 0.3) is 0 Å². The third kappa shape index (κ3) is 1.97. The number of hydrogen-bond donors (Lipinski definition) is 3. The van der Waals surface area contributed by atoms with Crippen LogP contribution in [0.15, 0.2) is 28.9 Å². The first-order valence-electron chi connectivity index (χ1n) is 4.46. The molecule has 15 heavy (non-hydrogen) atoms. The number of fused-ring (bicyclic) bond motifs is 1. The van der Waals surface area contributed by atoms with Crippen LogP contribution in [0.25, 0.3) is 10.9 Å². The van der Waals surface area contributed by atoms with Crippen molar-refractivity contribution in [2.24, 2.45) is 0 Å². The minimum Gasteiger partial charge on any atom is -0.359 e. The Labute approximate surface area is 95.2 Å². The van der Waals surface area contributed by atoms with Crippen LogP contribution in [-0.2, 0) is 0 Å². The van der Waals surface area contributed by atoms with E-state index in [4.69, 9.17) is 0 Å². The number of rotatable bonds is 1. The van der Waals surface area contributed by atoms with Crippen LogP contribution in [0.4, 0.5) is 10.5 Å². The van der Waals surface area contributed by atoms with Gasteiger partial charge in [0.1, 0.15) is 0 Å². The predicted molar refractivity (Wildman–Crippen MR) is 64.1 cm³/mol. The number of carbonyl (C=O) groups is 1. The van der Waals surface area contributed by atoms with Gasteiger partial charge in [-0.15, -0.1) is 0 Å². The van der Waals surface area contributed by atoms with Gasteiger partial charge in [0, 0.05) is 28.6 Å². The Morgan fingerprint density at radius 3 is 3.00 bits per heavy atom. The van der Waals surface area contributed by atoms with Gasteiger partial charge in [0.15, 0.2) is 0 Å². The second-order valence-corrected chi connectivity index (χ2v) is 4.01. The zero-order valence-electron chi connectivity index (χ0n) is 8.10. The summed E-state index contributed by atoms with van der Waals surface area (Å²) in [6.45, 7) is 0. The van der Waals surface area contributed by atoms with E-state index in [1.54, 1.807) is 13.2 Å². The highest BCUT2D eigenvalue weighted by Crippen LogP contribution is 2.26. The van der Waals surface area contributed by atoms with Crippen molar-refractivity contribution in [3.63, 3.8) is 0 Å². The molecule has 2 rings (SSSR count). The summed E-state index contributed by atoms with van der Waals surface area (Å²) in [7, 11) is 1.58. The molecule has 0 radical (unpaired) electrons. The molecule has 1 heterocycles. The van der Waals surface area contributed by atoms with Gasteiger partial charge < -0.3 is 15.6 Å². The largest absolute Gasteiger partial charge is 0.359 e. The van der Waals surface area contributed by atoms with Gasteiger partial charge in [-0.1, -0.05) is 15.9 Å². The Hall–Kier alpha value is -1.49. The van der Waals surface area contributed by atoms with Crippen LogP contribution >= 0.6 is 15.9 Å². The quantitative estimate of drug-likeness (QED) is 0.731. The summed E-state index contributed by atoms with van der Waals surface area (Å²) in [6.07, 6.45) is 1.77. The van der Waals surface area contributed by atoms with E-state index >= 15 is 0 Å². The van der Waals surface area contributed by atoms with Crippen molar-refractivity contribution in [2.45, 2.75) is 0 Å². The number of H-pyrrole nitrogens is 1. The predicted octanol–water partition coefficient (Wildman–Crippen LogP) is 2.68. The fourth-order valence-corrected chi connectivity index (χ4v) is 1.74. The number of hydrogen-bond acceptors (Lipinski definition) is 1. The van der Waals surface area contributed by atoms with E-state index in [-0.39, 0.29) is 6.03 Å². The van der Waals surface area contributed by atoms with Crippen LogP contribution in [0, 0.1) is 0 Å². The van der Waals surface area contributed by atoms with Crippen LogP contribution < -0.4 is 10.6 Å². The van der Waals surface area contributed by atoms with Crippen molar-refractivity contribution in [1.82, 2.24) is 10.3 Å². The first-order chi connectivity index (χ1) is 7.20. The van der Waals surface area contributed by atoms with E-state index in [0.717, 1.165) is 21.1 Å². The third-order valence-corrected chi connectivity index (χ3v) is 2.61. The summed E-state index contributed by atoms with van der Waals surface area (Å²) >= 11 is 3.39. The lowest BCUT2D eigenvalue weighted by molar-refractivity contribution is 0.254. The van der Waals surface area contributed by atoms with Gasteiger partial charge in [-0.3, -0.25) is 0 Å². The fraction of sp³-hybridized carbons (Fsp3) is 0.100. The maximum absolute atomic E-state index is 11.2. The molecule has 0 atom stereocenters. The second kappa shape index (κ2) is 3.94. The molecular weight excluding hydrogens is 258 g/mol. The van der Waals surface area contributed by atoms with Crippen molar-refractivity contribution in [3.8, 4) is 0 Å². The first kappa shape index (κ1) is 10.0. The molecule has 0 fully saturated rings. The number of aromatic nitrogens is 1. The molecule has 4 nitrogen and oxygen atoms in total. The van der Waals surface area contributed by atoms with E-state index in [1.807, 2.05) is 18.2 Å². The molecule has 5 heteroatoms. The molecule has 0 spiro atoms. The number of urea groups is 1. The van der Waals surface area contributed by atoms with Crippen molar-refractivity contribution >= 4 is 38.6 Å². The molecule has 0 aliphatic heterocycles. The molecule has 2 aromatic rings. The number of carbonyl (C=O) groups excluding carboxylic acids is 1. The normalized spacial score (nSPS) is 10.3. The lowest BCUT2D eigenvalue weighted by Gasteiger charge is -2.02. The van der Waals surface area contributed by atoms with Gasteiger partial charge in [-0.2, -0.15) is 0 Å². The monoisotopic (exact) mass is 267 g/mol. The molecule has 1 aromatic heterocycles. The molecule has 0 unspecified atom stereocenters. The van der Waals surface area contributed by atoms with Gasteiger partial charge in [-0.25, -0.2) is 4.79 Å². The summed E-state index contributed by atoms with van der Waals surface area (Å²) < 4.78 is 0.981. The van der Waals surface area contributed by atoms with Crippen LogP contribution in [0.3, 0.4) is 0 Å². The number of amides is 2. The van der Waals surface area contributed by atoms with E-state index in [2.05, 4.69) is 31.5 Å². The summed E-state index contributed by atoms with van der Waals surface area (Å²) in [5.41, 5.74) is 1.76. The molecule has 78 valence electrons. The van der Waals surface area contributed by atoms with Crippen molar-refractivity contribution in [3.05, 3.63) is 28.9 Å². The molecule has 0 aliphatic carbocycles. The van der Waals surface area contributed by atoms with Crippen molar-refractivity contribution in [2.75, 3.05) is 12.4 Å². The Bertz CT molecular complexity index is 506. The summed E-state index contributed by atoms with van der Waals surface area (Å²) in [6, 6.07) is 5.63. The highest BCUT2D eigenvalue weighted by molar-refractivity contribution is 9.10. The topological polar surface area (TPSA) is 56.9 Å². The Morgan fingerprint density at radius 2 is 2.27 bits per heavy atom.